The van der Waals surface area contributed by atoms with Gasteiger partial charge >= 0.3 is 0 Å². The molecule has 128 valence electrons. The molecule has 1 atom stereocenters. The van der Waals surface area contributed by atoms with Crippen molar-refractivity contribution in [2.24, 2.45) is 5.92 Å². The highest BCUT2D eigenvalue weighted by atomic mass is 16.3. The third-order valence-corrected chi connectivity index (χ3v) is 5.84. The van der Waals surface area contributed by atoms with E-state index in [0.717, 1.165) is 51.5 Å². The Balaban J connectivity index is 1.49. The second-order valence-electron chi connectivity index (χ2n) is 7.68. The lowest BCUT2D eigenvalue weighted by molar-refractivity contribution is -0.0454. The number of pyridine rings is 1. The number of nitrogens with zero attached hydrogens (tertiary/aromatic N) is 3. The van der Waals surface area contributed by atoms with Crippen LogP contribution < -0.4 is 0 Å². The van der Waals surface area contributed by atoms with Crippen LogP contribution in [0.25, 0.3) is 0 Å². The summed E-state index contributed by atoms with van der Waals surface area (Å²) in [4.78, 5) is 9.23. The lowest BCUT2D eigenvalue weighted by atomic mass is 9.79. The molecule has 23 heavy (non-hydrogen) atoms. The van der Waals surface area contributed by atoms with Gasteiger partial charge in [-0.1, -0.05) is 13.0 Å². The van der Waals surface area contributed by atoms with Crippen molar-refractivity contribution in [3.05, 3.63) is 30.1 Å². The fourth-order valence-corrected chi connectivity index (χ4v) is 4.02. The van der Waals surface area contributed by atoms with Gasteiger partial charge in [0.05, 0.1) is 5.60 Å². The smallest absolute Gasteiger partial charge is 0.0774 e. The Morgan fingerprint density at radius 3 is 2.57 bits per heavy atom. The van der Waals surface area contributed by atoms with Crippen molar-refractivity contribution < 1.29 is 5.11 Å². The van der Waals surface area contributed by atoms with Crippen molar-refractivity contribution in [3.8, 4) is 0 Å². The highest BCUT2D eigenvalue weighted by Crippen LogP contribution is 2.32. The number of β-amino-alcohol motifs (C(OH)–C–C–N with tert-alkyl or cyclic N) is 1. The van der Waals surface area contributed by atoms with Gasteiger partial charge in [0.15, 0.2) is 0 Å². The van der Waals surface area contributed by atoms with Gasteiger partial charge in [0, 0.05) is 51.2 Å². The summed E-state index contributed by atoms with van der Waals surface area (Å²) in [6.45, 7) is 9.69. The lowest BCUT2D eigenvalue weighted by Gasteiger charge is -2.43. The first-order chi connectivity index (χ1) is 11.1. The van der Waals surface area contributed by atoms with Crippen LogP contribution in [0.15, 0.2) is 24.5 Å². The van der Waals surface area contributed by atoms with E-state index in [9.17, 15) is 5.11 Å². The minimum absolute atomic E-state index is 0.421. The Labute approximate surface area is 140 Å². The summed E-state index contributed by atoms with van der Waals surface area (Å²) in [5.41, 5.74) is 0.852. The minimum atomic E-state index is -0.441. The van der Waals surface area contributed by atoms with Crippen LogP contribution in [-0.2, 0) is 0 Å². The predicted octanol–water partition coefficient (Wildman–Crippen LogP) is 2.70. The van der Waals surface area contributed by atoms with Gasteiger partial charge in [0.2, 0.25) is 0 Å². The lowest BCUT2D eigenvalue weighted by Crippen LogP contribution is -2.53. The van der Waals surface area contributed by atoms with E-state index in [1.54, 1.807) is 0 Å². The standard InChI is InChI=1S/C19H31N3O/c1-16-5-7-19(23,8-6-16)15-21-10-12-22(13-11-21)17(2)18-4-3-9-20-14-18/h3-4,9,14,16-17,23H,5-8,10-13,15H2,1-2H3. The normalized spacial score (nSPS) is 31.9. The zero-order valence-electron chi connectivity index (χ0n) is 14.6. The Hall–Kier alpha value is -0.970. The molecule has 1 aliphatic heterocycles. The summed E-state index contributed by atoms with van der Waals surface area (Å²) in [5.74, 6) is 0.785. The van der Waals surface area contributed by atoms with E-state index in [-0.39, 0.29) is 0 Å². The SMILES string of the molecule is CC1CCC(O)(CN2CCN(C(C)c3cccnc3)CC2)CC1. The summed E-state index contributed by atoms with van der Waals surface area (Å²) in [5, 5.41) is 10.8. The van der Waals surface area contributed by atoms with Crippen molar-refractivity contribution in [2.45, 2.75) is 51.2 Å². The minimum Gasteiger partial charge on any atom is -0.389 e. The molecule has 1 saturated carbocycles. The van der Waals surface area contributed by atoms with Gasteiger partial charge in [0.1, 0.15) is 0 Å². The zero-order chi connectivity index (χ0) is 16.3. The van der Waals surface area contributed by atoms with Crippen LogP contribution in [0.3, 0.4) is 0 Å². The van der Waals surface area contributed by atoms with E-state index < -0.39 is 5.60 Å². The maximum absolute atomic E-state index is 10.8. The summed E-state index contributed by atoms with van der Waals surface area (Å²) in [7, 11) is 0. The molecule has 0 amide bonds. The van der Waals surface area contributed by atoms with E-state index in [1.807, 2.05) is 18.5 Å². The first-order valence-electron chi connectivity index (χ1n) is 9.14. The van der Waals surface area contributed by atoms with Crippen LogP contribution in [0.5, 0.6) is 0 Å². The van der Waals surface area contributed by atoms with Crippen molar-refractivity contribution in [1.29, 1.82) is 0 Å². The van der Waals surface area contributed by atoms with Crippen LogP contribution in [0, 0.1) is 5.92 Å². The molecule has 4 nitrogen and oxygen atoms in total. The van der Waals surface area contributed by atoms with Crippen molar-refractivity contribution in [1.82, 2.24) is 14.8 Å². The Morgan fingerprint density at radius 1 is 1.26 bits per heavy atom. The topological polar surface area (TPSA) is 39.6 Å². The van der Waals surface area contributed by atoms with Crippen LogP contribution in [0.1, 0.15) is 51.1 Å². The number of piperazine rings is 1. The molecule has 1 aliphatic carbocycles. The molecule has 3 rings (SSSR count). The molecule has 1 unspecified atom stereocenters. The molecule has 0 aromatic carbocycles. The highest BCUT2D eigenvalue weighted by Gasteiger charge is 2.34. The third-order valence-electron chi connectivity index (χ3n) is 5.84. The Kier molecular flexibility index (Phi) is 5.34. The first-order valence-corrected chi connectivity index (χ1v) is 9.14. The molecule has 1 saturated heterocycles. The molecule has 2 heterocycles. The van der Waals surface area contributed by atoms with E-state index in [0.29, 0.717) is 6.04 Å². The Bertz CT molecular complexity index is 477. The molecule has 2 fully saturated rings. The molecule has 1 N–H and O–H groups in total. The quantitative estimate of drug-likeness (QED) is 0.927. The number of rotatable bonds is 4. The molecule has 0 bridgehead atoms. The number of hydrogen-bond acceptors (Lipinski definition) is 4. The van der Waals surface area contributed by atoms with Crippen molar-refractivity contribution in [2.75, 3.05) is 32.7 Å². The molecule has 0 radical (unpaired) electrons. The number of aliphatic hydroxyl groups is 1. The van der Waals surface area contributed by atoms with Gasteiger partial charge in [-0.15, -0.1) is 0 Å². The summed E-state index contributed by atoms with van der Waals surface area (Å²) < 4.78 is 0. The van der Waals surface area contributed by atoms with Crippen molar-refractivity contribution >= 4 is 0 Å². The summed E-state index contributed by atoms with van der Waals surface area (Å²) >= 11 is 0. The first kappa shape index (κ1) is 16.9. The molecule has 2 aliphatic rings. The predicted molar refractivity (Wildman–Crippen MR) is 93.2 cm³/mol. The molecule has 1 aromatic rings. The van der Waals surface area contributed by atoms with Crippen LogP contribution in [0.2, 0.25) is 0 Å². The van der Waals surface area contributed by atoms with Crippen LogP contribution in [0.4, 0.5) is 0 Å². The van der Waals surface area contributed by atoms with Gasteiger partial charge in [-0.05, 0) is 50.2 Å². The monoisotopic (exact) mass is 317 g/mol. The van der Waals surface area contributed by atoms with Gasteiger partial charge in [0.25, 0.3) is 0 Å². The van der Waals surface area contributed by atoms with E-state index in [1.165, 1.54) is 18.4 Å². The van der Waals surface area contributed by atoms with Gasteiger partial charge in [-0.2, -0.15) is 0 Å². The van der Waals surface area contributed by atoms with Gasteiger partial charge in [-0.25, -0.2) is 0 Å². The molecule has 1 aromatic heterocycles. The second-order valence-corrected chi connectivity index (χ2v) is 7.68. The number of hydrogen-bond donors (Lipinski definition) is 1. The molecular formula is C19H31N3O. The van der Waals surface area contributed by atoms with Gasteiger partial charge < -0.3 is 5.11 Å². The maximum Gasteiger partial charge on any atom is 0.0774 e. The fraction of sp³-hybridized carbons (Fsp3) is 0.737. The van der Waals surface area contributed by atoms with E-state index in [2.05, 4.69) is 34.7 Å². The number of aromatic nitrogens is 1. The Morgan fingerprint density at radius 2 is 1.96 bits per heavy atom. The average molecular weight is 317 g/mol. The van der Waals surface area contributed by atoms with Crippen LogP contribution in [-0.4, -0.2) is 58.2 Å². The van der Waals surface area contributed by atoms with Crippen molar-refractivity contribution in [3.63, 3.8) is 0 Å². The largest absolute Gasteiger partial charge is 0.389 e. The maximum atomic E-state index is 10.8. The molecule has 4 heteroatoms. The molecular weight excluding hydrogens is 286 g/mol. The average Bonchev–Trinajstić information content (AvgIpc) is 2.59. The summed E-state index contributed by atoms with van der Waals surface area (Å²) in [6.07, 6.45) is 8.10. The highest BCUT2D eigenvalue weighted by molar-refractivity contribution is 5.13. The zero-order valence-corrected chi connectivity index (χ0v) is 14.6. The summed E-state index contributed by atoms with van der Waals surface area (Å²) in [6, 6.07) is 4.60. The fourth-order valence-electron chi connectivity index (χ4n) is 4.02. The van der Waals surface area contributed by atoms with E-state index in [4.69, 9.17) is 0 Å². The van der Waals surface area contributed by atoms with Gasteiger partial charge in [-0.3, -0.25) is 14.8 Å². The second kappa shape index (κ2) is 7.29. The van der Waals surface area contributed by atoms with Crippen LogP contribution >= 0.6 is 0 Å². The molecule has 0 spiro atoms. The third kappa shape index (κ3) is 4.31. The van der Waals surface area contributed by atoms with E-state index >= 15 is 0 Å².